The third-order valence-electron chi connectivity index (χ3n) is 3.13. The molecule has 1 aromatic heterocycles. The molecular weight excluding hydrogens is 272 g/mol. The van der Waals surface area contributed by atoms with Crippen LogP contribution >= 0.6 is 15.9 Å². The highest BCUT2D eigenvalue weighted by atomic mass is 79.9. The zero-order chi connectivity index (χ0) is 11.4. The summed E-state index contributed by atoms with van der Waals surface area (Å²) in [7, 11) is 0. The van der Waals surface area contributed by atoms with E-state index in [2.05, 4.69) is 20.9 Å². The number of ether oxygens (including phenoxy) is 1. The molecule has 0 radical (unpaired) electrons. The van der Waals surface area contributed by atoms with Crippen LogP contribution in [0.2, 0.25) is 0 Å². The first-order valence-electron chi connectivity index (χ1n) is 5.40. The van der Waals surface area contributed by atoms with E-state index in [9.17, 15) is 4.79 Å². The minimum Gasteiger partial charge on any atom is -0.381 e. The fourth-order valence-corrected chi connectivity index (χ4v) is 2.73. The number of halogens is 1. The molecule has 2 rings (SSSR count). The van der Waals surface area contributed by atoms with E-state index in [4.69, 9.17) is 4.74 Å². The van der Waals surface area contributed by atoms with Crippen LogP contribution in [0.4, 0.5) is 0 Å². The highest BCUT2D eigenvalue weighted by molar-refractivity contribution is 9.09. The quantitative estimate of drug-likeness (QED) is 0.790. The summed E-state index contributed by atoms with van der Waals surface area (Å²) < 4.78 is 7.06. The van der Waals surface area contributed by atoms with E-state index in [1.54, 1.807) is 10.9 Å². The molecule has 0 amide bonds. The summed E-state index contributed by atoms with van der Waals surface area (Å²) in [5, 5.41) is 0.894. The molecule has 0 spiro atoms. The van der Waals surface area contributed by atoms with E-state index in [1.807, 2.05) is 0 Å². The van der Waals surface area contributed by atoms with Crippen LogP contribution in [0.1, 0.15) is 12.8 Å². The van der Waals surface area contributed by atoms with E-state index in [-0.39, 0.29) is 11.0 Å². The normalized spacial score (nSPS) is 19.6. The molecule has 88 valence electrons. The molecule has 0 N–H and O–H groups in total. The van der Waals surface area contributed by atoms with Gasteiger partial charge in [0, 0.05) is 42.8 Å². The fourth-order valence-electron chi connectivity index (χ4n) is 2.00. The molecule has 1 aliphatic heterocycles. The monoisotopic (exact) mass is 286 g/mol. The Bertz CT molecular complexity index is 399. The second-order valence-corrected chi connectivity index (χ2v) is 4.85. The molecule has 16 heavy (non-hydrogen) atoms. The smallest absolute Gasteiger partial charge is 0.253 e. The van der Waals surface area contributed by atoms with Gasteiger partial charge >= 0.3 is 0 Å². The van der Waals surface area contributed by atoms with Gasteiger partial charge in [-0.1, -0.05) is 15.9 Å². The SMILES string of the molecule is O=c1ccncn1CC1(CBr)CCOCC1. The molecule has 0 unspecified atom stereocenters. The first kappa shape index (κ1) is 11.8. The van der Waals surface area contributed by atoms with Crippen molar-refractivity contribution in [2.24, 2.45) is 5.41 Å². The predicted molar refractivity (Wildman–Crippen MR) is 64.8 cm³/mol. The van der Waals surface area contributed by atoms with Crippen molar-refractivity contribution in [2.45, 2.75) is 19.4 Å². The molecule has 0 bridgehead atoms. The largest absolute Gasteiger partial charge is 0.381 e. The van der Waals surface area contributed by atoms with E-state index in [0.29, 0.717) is 6.54 Å². The average molecular weight is 287 g/mol. The Morgan fingerprint density at radius 3 is 2.88 bits per heavy atom. The number of aromatic nitrogens is 2. The maximum Gasteiger partial charge on any atom is 0.253 e. The molecule has 0 atom stereocenters. The topological polar surface area (TPSA) is 44.1 Å². The van der Waals surface area contributed by atoms with E-state index in [0.717, 1.165) is 31.4 Å². The number of nitrogens with zero attached hydrogens (tertiary/aromatic N) is 2. The van der Waals surface area contributed by atoms with E-state index >= 15 is 0 Å². The van der Waals surface area contributed by atoms with Gasteiger partial charge in [-0.25, -0.2) is 4.98 Å². The van der Waals surface area contributed by atoms with Gasteiger partial charge in [0.15, 0.2) is 0 Å². The second kappa shape index (κ2) is 5.10. The Labute approximate surface area is 103 Å². The number of rotatable bonds is 3. The summed E-state index contributed by atoms with van der Waals surface area (Å²) in [4.78, 5) is 15.6. The second-order valence-electron chi connectivity index (χ2n) is 4.29. The Morgan fingerprint density at radius 1 is 1.50 bits per heavy atom. The number of alkyl halides is 1. The number of hydrogen-bond donors (Lipinski definition) is 0. The first-order chi connectivity index (χ1) is 7.76. The van der Waals surface area contributed by atoms with E-state index < -0.39 is 0 Å². The minimum absolute atomic E-state index is 0.0156. The van der Waals surface area contributed by atoms with Crippen LogP contribution in [0.3, 0.4) is 0 Å². The Kier molecular flexibility index (Phi) is 3.76. The molecule has 1 saturated heterocycles. The molecular formula is C11H15BrN2O2. The van der Waals surface area contributed by atoms with Crippen LogP contribution in [0.15, 0.2) is 23.4 Å². The van der Waals surface area contributed by atoms with Gasteiger partial charge in [0.05, 0.1) is 6.33 Å². The van der Waals surface area contributed by atoms with Gasteiger partial charge in [0.1, 0.15) is 0 Å². The van der Waals surface area contributed by atoms with Crippen LogP contribution in [0.5, 0.6) is 0 Å². The Balaban J connectivity index is 2.18. The standard InChI is InChI=1S/C11H15BrN2O2/c12-7-11(2-5-16-6-3-11)8-14-9-13-4-1-10(14)15/h1,4,9H,2-3,5-8H2. The fraction of sp³-hybridized carbons (Fsp3) is 0.636. The van der Waals surface area contributed by atoms with Gasteiger partial charge in [0.2, 0.25) is 0 Å². The molecule has 1 aromatic rings. The molecule has 4 nitrogen and oxygen atoms in total. The lowest BCUT2D eigenvalue weighted by molar-refractivity contribution is 0.0180. The van der Waals surface area contributed by atoms with Crippen molar-refractivity contribution in [3.63, 3.8) is 0 Å². The van der Waals surface area contributed by atoms with Crippen molar-refractivity contribution in [3.05, 3.63) is 28.9 Å². The van der Waals surface area contributed by atoms with Gasteiger partial charge in [0.25, 0.3) is 5.56 Å². The summed E-state index contributed by atoms with van der Waals surface area (Å²) in [5.74, 6) is 0. The molecule has 0 saturated carbocycles. The highest BCUT2D eigenvalue weighted by Gasteiger charge is 2.32. The van der Waals surface area contributed by atoms with E-state index in [1.165, 1.54) is 12.3 Å². The van der Waals surface area contributed by atoms with Gasteiger partial charge in [-0.15, -0.1) is 0 Å². The molecule has 2 heterocycles. The third-order valence-corrected chi connectivity index (χ3v) is 4.32. The summed E-state index contributed by atoms with van der Waals surface area (Å²) in [6.45, 7) is 2.27. The van der Waals surface area contributed by atoms with Crippen molar-refractivity contribution in [2.75, 3.05) is 18.5 Å². The molecule has 5 heteroatoms. The number of hydrogen-bond acceptors (Lipinski definition) is 3. The summed E-state index contributed by atoms with van der Waals surface area (Å²) in [6, 6.07) is 1.50. The molecule has 1 aliphatic rings. The van der Waals surface area contributed by atoms with Crippen LogP contribution in [-0.2, 0) is 11.3 Å². The Hall–Kier alpha value is -0.680. The van der Waals surface area contributed by atoms with Crippen molar-refractivity contribution in [3.8, 4) is 0 Å². The van der Waals surface area contributed by atoms with Crippen LogP contribution in [0, 0.1) is 5.41 Å². The Morgan fingerprint density at radius 2 is 2.25 bits per heavy atom. The first-order valence-corrected chi connectivity index (χ1v) is 6.52. The molecule has 0 aromatic carbocycles. The summed E-state index contributed by atoms with van der Waals surface area (Å²) in [5.41, 5.74) is 0.146. The van der Waals surface area contributed by atoms with Crippen molar-refractivity contribution in [1.29, 1.82) is 0 Å². The van der Waals surface area contributed by atoms with Gasteiger partial charge in [-0.3, -0.25) is 9.36 Å². The zero-order valence-corrected chi connectivity index (χ0v) is 10.6. The molecule has 1 fully saturated rings. The van der Waals surface area contributed by atoms with Crippen molar-refractivity contribution < 1.29 is 4.74 Å². The average Bonchev–Trinajstić information content (AvgIpc) is 2.33. The van der Waals surface area contributed by atoms with Crippen molar-refractivity contribution in [1.82, 2.24) is 9.55 Å². The van der Waals surface area contributed by atoms with Crippen LogP contribution in [-0.4, -0.2) is 28.1 Å². The summed E-state index contributed by atoms with van der Waals surface area (Å²) in [6.07, 6.45) is 5.12. The zero-order valence-electron chi connectivity index (χ0n) is 9.06. The van der Waals surface area contributed by atoms with Crippen molar-refractivity contribution >= 4 is 15.9 Å². The minimum atomic E-state index is 0.0156. The molecule has 0 aliphatic carbocycles. The lowest BCUT2D eigenvalue weighted by Gasteiger charge is -2.35. The third kappa shape index (κ3) is 2.52. The maximum absolute atomic E-state index is 11.6. The summed E-state index contributed by atoms with van der Waals surface area (Å²) >= 11 is 3.56. The van der Waals surface area contributed by atoms with Gasteiger partial charge in [-0.2, -0.15) is 0 Å². The lowest BCUT2D eigenvalue weighted by atomic mass is 9.82. The predicted octanol–water partition coefficient (Wildman–Crippen LogP) is 1.44. The van der Waals surface area contributed by atoms with Gasteiger partial charge < -0.3 is 4.74 Å². The van der Waals surface area contributed by atoms with Crippen LogP contribution in [0.25, 0.3) is 0 Å². The van der Waals surface area contributed by atoms with Gasteiger partial charge in [-0.05, 0) is 12.8 Å². The maximum atomic E-state index is 11.6. The lowest BCUT2D eigenvalue weighted by Crippen LogP contribution is -2.38. The highest BCUT2D eigenvalue weighted by Crippen LogP contribution is 2.33. The van der Waals surface area contributed by atoms with Crippen LogP contribution < -0.4 is 5.56 Å².